The number of rotatable bonds is 34. The quantitative estimate of drug-likeness (QED) is 0.0747. The standard InChI is InChI=1S/C36H54N6O14/c1-29-38-40-36(41-39-29)31-4-2-30(3-5-31)28-37-32(43)8-10-47-12-14-49-16-18-51-20-22-53-24-26-55-27-25-54-23-21-52-19-17-50-15-13-48-11-9-35(46)56-42-33(44)6-7-34(42)45/h2-5H,6-28H2,1H3,(H,37,43). The molecule has 2 heterocycles. The number of benzene rings is 1. The van der Waals surface area contributed by atoms with E-state index < -0.39 is 17.8 Å². The Morgan fingerprint density at radius 1 is 0.554 bits per heavy atom. The summed E-state index contributed by atoms with van der Waals surface area (Å²) in [5.41, 5.74) is 1.75. The minimum Gasteiger partial charge on any atom is -0.379 e. The molecule has 1 N–H and O–H groups in total. The van der Waals surface area contributed by atoms with Crippen LogP contribution < -0.4 is 5.32 Å². The number of hydrogen-bond donors (Lipinski definition) is 1. The number of aromatic nitrogens is 4. The predicted octanol–water partition coefficient (Wildman–Crippen LogP) is 0.395. The zero-order valence-corrected chi connectivity index (χ0v) is 32.0. The summed E-state index contributed by atoms with van der Waals surface area (Å²) in [7, 11) is 0. The third-order valence-electron chi connectivity index (χ3n) is 7.38. The highest BCUT2D eigenvalue weighted by molar-refractivity contribution is 6.01. The molecule has 0 radical (unpaired) electrons. The number of carbonyl (C=O) groups is 4. The number of hydrogen-bond acceptors (Lipinski definition) is 18. The van der Waals surface area contributed by atoms with Crippen molar-refractivity contribution in [2.45, 2.75) is 39.2 Å². The van der Waals surface area contributed by atoms with Gasteiger partial charge < -0.3 is 52.8 Å². The van der Waals surface area contributed by atoms with E-state index in [0.717, 1.165) is 11.1 Å². The molecule has 56 heavy (non-hydrogen) atoms. The summed E-state index contributed by atoms with van der Waals surface area (Å²) < 4.78 is 48.9. The fraction of sp³-hybridized carbons (Fsp3) is 0.667. The Balaban J connectivity index is 0.945. The predicted molar refractivity (Wildman–Crippen MR) is 193 cm³/mol. The molecule has 1 aliphatic heterocycles. The van der Waals surface area contributed by atoms with Crippen molar-refractivity contribution in [1.29, 1.82) is 0 Å². The molecule has 1 aromatic heterocycles. The molecule has 0 aliphatic carbocycles. The molecule has 1 aliphatic rings. The highest BCUT2D eigenvalue weighted by Crippen LogP contribution is 2.14. The van der Waals surface area contributed by atoms with Crippen molar-refractivity contribution >= 4 is 23.7 Å². The molecule has 0 spiro atoms. The lowest BCUT2D eigenvalue weighted by atomic mass is 10.1. The first-order valence-corrected chi connectivity index (χ1v) is 18.6. The van der Waals surface area contributed by atoms with E-state index >= 15 is 0 Å². The SMILES string of the molecule is Cc1nnc(-c2ccc(CNC(=O)CCOCCOCCOCCOCCOCCOCCOCCOCCOCCC(=O)ON3C(=O)CCC3=O)cc2)nn1. The van der Waals surface area contributed by atoms with E-state index in [2.05, 4.69) is 25.7 Å². The maximum absolute atomic E-state index is 12.1. The van der Waals surface area contributed by atoms with E-state index in [-0.39, 0.29) is 44.8 Å². The van der Waals surface area contributed by atoms with Crippen LogP contribution in [-0.2, 0) is 73.2 Å². The number of imide groups is 1. The van der Waals surface area contributed by atoms with Crippen LogP contribution in [0.15, 0.2) is 24.3 Å². The molecule has 1 aromatic carbocycles. The van der Waals surface area contributed by atoms with E-state index in [9.17, 15) is 19.2 Å². The molecule has 0 unspecified atom stereocenters. The summed E-state index contributed by atoms with van der Waals surface area (Å²) in [4.78, 5) is 51.3. The summed E-state index contributed by atoms with van der Waals surface area (Å²) in [6, 6.07) is 7.52. The Labute approximate surface area is 326 Å². The van der Waals surface area contributed by atoms with E-state index in [0.29, 0.717) is 129 Å². The van der Waals surface area contributed by atoms with Gasteiger partial charge in [0.05, 0.1) is 125 Å². The van der Waals surface area contributed by atoms with E-state index in [4.69, 9.17) is 47.5 Å². The van der Waals surface area contributed by atoms with Gasteiger partial charge in [-0.15, -0.1) is 25.5 Å². The maximum atomic E-state index is 12.1. The topological polar surface area (TPSA) is 227 Å². The van der Waals surface area contributed by atoms with Gasteiger partial charge in [-0.2, -0.15) is 0 Å². The second kappa shape index (κ2) is 30.1. The highest BCUT2D eigenvalue weighted by atomic mass is 16.7. The molecule has 3 amide bonds. The fourth-order valence-electron chi connectivity index (χ4n) is 4.44. The van der Waals surface area contributed by atoms with Crippen LogP contribution in [0, 0.1) is 6.92 Å². The first-order chi connectivity index (χ1) is 27.4. The molecule has 0 bridgehead atoms. The first kappa shape index (κ1) is 46.3. The van der Waals surface area contributed by atoms with Crippen molar-refractivity contribution in [1.82, 2.24) is 30.8 Å². The molecule has 1 fully saturated rings. The summed E-state index contributed by atoms with van der Waals surface area (Å²) in [6.07, 6.45) is 0.284. The van der Waals surface area contributed by atoms with Crippen molar-refractivity contribution in [2.24, 2.45) is 0 Å². The summed E-state index contributed by atoms with van der Waals surface area (Å²) in [5, 5.41) is 19.3. The third-order valence-corrected chi connectivity index (χ3v) is 7.38. The van der Waals surface area contributed by atoms with Crippen molar-refractivity contribution in [3.8, 4) is 11.4 Å². The number of nitrogens with one attached hydrogen (secondary N) is 1. The van der Waals surface area contributed by atoms with E-state index in [1.807, 2.05) is 24.3 Å². The molecule has 20 heteroatoms. The monoisotopic (exact) mass is 794 g/mol. The Morgan fingerprint density at radius 3 is 1.34 bits per heavy atom. The molecule has 0 saturated carbocycles. The molecular weight excluding hydrogens is 740 g/mol. The lowest BCUT2D eigenvalue weighted by Crippen LogP contribution is -2.32. The minimum atomic E-state index is -0.705. The second-order valence-corrected chi connectivity index (χ2v) is 11.8. The smallest absolute Gasteiger partial charge is 0.335 e. The number of nitrogens with zero attached hydrogens (tertiary/aromatic N) is 5. The fourth-order valence-corrected chi connectivity index (χ4v) is 4.44. The van der Waals surface area contributed by atoms with Crippen LogP contribution in [-0.4, -0.2) is 168 Å². The molecule has 2 aromatic rings. The van der Waals surface area contributed by atoms with Gasteiger partial charge in [0.2, 0.25) is 11.7 Å². The average Bonchev–Trinajstić information content (AvgIpc) is 3.52. The number of ether oxygens (including phenoxy) is 9. The van der Waals surface area contributed by atoms with E-state index in [1.54, 1.807) is 6.92 Å². The van der Waals surface area contributed by atoms with Gasteiger partial charge in [-0.25, -0.2) is 4.79 Å². The second-order valence-electron chi connectivity index (χ2n) is 11.8. The normalized spacial score (nSPS) is 12.8. The average molecular weight is 795 g/mol. The molecule has 20 nitrogen and oxygen atoms in total. The summed E-state index contributed by atoms with van der Waals surface area (Å²) >= 11 is 0. The number of aryl methyl sites for hydroxylation is 1. The first-order valence-electron chi connectivity index (χ1n) is 18.6. The Bertz CT molecular complexity index is 1370. The van der Waals surface area contributed by atoms with Gasteiger partial charge in [0.15, 0.2) is 5.82 Å². The van der Waals surface area contributed by atoms with Gasteiger partial charge in [0.25, 0.3) is 11.8 Å². The molecule has 0 atom stereocenters. The van der Waals surface area contributed by atoms with Crippen LogP contribution >= 0.6 is 0 Å². The molecule has 312 valence electrons. The van der Waals surface area contributed by atoms with Gasteiger partial charge in [-0.3, -0.25) is 14.4 Å². The Morgan fingerprint density at radius 2 is 0.929 bits per heavy atom. The van der Waals surface area contributed by atoms with Crippen LogP contribution in [0.5, 0.6) is 0 Å². The highest BCUT2D eigenvalue weighted by Gasteiger charge is 2.32. The van der Waals surface area contributed by atoms with Crippen molar-refractivity contribution in [3.05, 3.63) is 35.7 Å². The Kier molecular flexibility index (Phi) is 24.8. The van der Waals surface area contributed by atoms with E-state index in [1.165, 1.54) is 0 Å². The summed E-state index contributed by atoms with van der Waals surface area (Å²) in [6.45, 7) is 9.14. The zero-order valence-electron chi connectivity index (χ0n) is 32.0. The minimum absolute atomic E-state index is 0.0537. The molecule has 1 saturated heterocycles. The summed E-state index contributed by atoms with van der Waals surface area (Å²) in [5.74, 6) is -0.874. The van der Waals surface area contributed by atoms with Gasteiger partial charge in [-0.05, 0) is 12.5 Å². The molecular formula is C36H54N6O14. The van der Waals surface area contributed by atoms with Crippen molar-refractivity contribution in [3.63, 3.8) is 0 Å². The van der Waals surface area contributed by atoms with Gasteiger partial charge >= 0.3 is 5.97 Å². The lowest BCUT2D eigenvalue weighted by molar-refractivity contribution is -0.198. The van der Waals surface area contributed by atoms with Crippen LogP contribution in [0.3, 0.4) is 0 Å². The van der Waals surface area contributed by atoms with Gasteiger partial charge in [0, 0.05) is 31.4 Å². The van der Waals surface area contributed by atoms with Crippen LogP contribution in [0.25, 0.3) is 11.4 Å². The van der Waals surface area contributed by atoms with Crippen LogP contribution in [0.1, 0.15) is 37.1 Å². The van der Waals surface area contributed by atoms with Crippen molar-refractivity contribution < 1.29 is 66.6 Å². The van der Waals surface area contributed by atoms with Gasteiger partial charge in [0.1, 0.15) is 0 Å². The molecule has 3 rings (SSSR count). The number of amides is 3. The van der Waals surface area contributed by atoms with Crippen molar-refractivity contribution in [2.75, 3.05) is 119 Å². The van der Waals surface area contributed by atoms with Crippen LogP contribution in [0.4, 0.5) is 0 Å². The van der Waals surface area contributed by atoms with Gasteiger partial charge in [-0.1, -0.05) is 24.3 Å². The Hall–Kier alpha value is -4.12. The lowest BCUT2D eigenvalue weighted by Gasteiger charge is -2.12. The number of hydroxylamine groups is 2. The number of carbonyl (C=O) groups excluding carboxylic acids is 4. The van der Waals surface area contributed by atoms with Crippen LogP contribution in [0.2, 0.25) is 0 Å². The maximum Gasteiger partial charge on any atom is 0.335 e. The zero-order chi connectivity index (χ0) is 39.9. The third kappa shape index (κ3) is 21.8. The largest absolute Gasteiger partial charge is 0.379 e.